The summed E-state index contributed by atoms with van der Waals surface area (Å²) in [5.74, 6) is 0.218. The minimum Gasteiger partial charge on any atom is -0.462 e. The van der Waals surface area contributed by atoms with Gasteiger partial charge in [0.15, 0.2) is 0 Å². The Morgan fingerprint density at radius 1 is 1.59 bits per heavy atom. The quantitative estimate of drug-likeness (QED) is 0.799. The minimum absolute atomic E-state index is 0.204. The number of rotatable bonds is 3. The lowest BCUT2D eigenvalue weighted by Crippen LogP contribution is -2.16. The molecule has 0 radical (unpaired) electrons. The van der Waals surface area contributed by atoms with E-state index in [1.54, 1.807) is 0 Å². The molecule has 1 fully saturated rings. The molecule has 0 N–H and O–H groups in total. The lowest BCUT2D eigenvalue weighted by Gasteiger charge is -2.22. The van der Waals surface area contributed by atoms with Gasteiger partial charge < -0.3 is 9.47 Å². The molecule has 2 heterocycles. The molecule has 0 aromatic carbocycles. The van der Waals surface area contributed by atoms with Gasteiger partial charge in [-0.3, -0.25) is 0 Å². The van der Waals surface area contributed by atoms with E-state index in [9.17, 15) is 4.79 Å². The van der Waals surface area contributed by atoms with Gasteiger partial charge >= 0.3 is 5.97 Å². The van der Waals surface area contributed by atoms with E-state index in [0.29, 0.717) is 12.5 Å². The van der Waals surface area contributed by atoms with Crippen molar-refractivity contribution in [3.05, 3.63) is 20.3 Å². The number of hydrogen-bond acceptors (Lipinski definition) is 4. The first-order valence-corrected chi connectivity index (χ1v) is 7.37. The molecule has 0 unspecified atom stereocenters. The van der Waals surface area contributed by atoms with E-state index >= 15 is 0 Å². The van der Waals surface area contributed by atoms with Crippen LogP contribution in [0.4, 0.5) is 0 Å². The Morgan fingerprint density at radius 2 is 2.29 bits per heavy atom. The van der Waals surface area contributed by atoms with Gasteiger partial charge in [-0.1, -0.05) is 0 Å². The number of carbonyl (C=O) groups is 1. The summed E-state index contributed by atoms with van der Waals surface area (Å²) in [7, 11) is 0. The lowest BCUT2D eigenvalue weighted by atomic mass is 9.92. The van der Waals surface area contributed by atoms with Crippen molar-refractivity contribution in [1.29, 1.82) is 0 Å². The number of ether oxygens (including phenoxy) is 2. The van der Waals surface area contributed by atoms with E-state index in [1.807, 2.05) is 13.0 Å². The Balaban J connectivity index is 2.22. The molecule has 17 heavy (non-hydrogen) atoms. The van der Waals surface area contributed by atoms with Gasteiger partial charge in [-0.05, 0) is 53.2 Å². The predicted octanol–water partition coefficient (Wildman–Crippen LogP) is 3.58. The minimum atomic E-state index is -0.204. The van der Waals surface area contributed by atoms with E-state index in [0.717, 1.165) is 40.3 Å². The summed E-state index contributed by atoms with van der Waals surface area (Å²) in [5.41, 5.74) is 1.11. The zero-order valence-electron chi connectivity index (χ0n) is 9.70. The fourth-order valence-electron chi connectivity index (χ4n) is 2.04. The molecular weight excluding hydrogens is 304 g/mol. The molecule has 0 bridgehead atoms. The number of halogens is 1. The molecule has 1 aliphatic rings. The fraction of sp³-hybridized carbons (Fsp3) is 0.583. The second-order valence-electron chi connectivity index (χ2n) is 3.94. The topological polar surface area (TPSA) is 35.5 Å². The van der Waals surface area contributed by atoms with E-state index in [-0.39, 0.29) is 5.97 Å². The van der Waals surface area contributed by atoms with Crippen LogP contribution in [0.15, 0.2) is 9.85 Å². The maximum Gasteiger partial charge on any atom is 0.348 e. The Kier molecular flexibility index (Phi) is 4.59. The van der Waals surface area contributed by atoms with Crippen LogP contribution in [0.5, 0.6) is 0 Å². The van der Waals surface area contributed by atoms with Gasteiger partial charge in [-0.25, -0.2) is 4.79 Å². The molecule has 1 aliphatic heterocycles. The van der Waals surface area contributed by atoms with Gasteiger partial charge in [-0.2, -0.15) is 0 Å². The monoisotopic (exact) mass is 318 g/mol. The van der Waals surface area contributed by atoms with Crippen LogP contribution in [0.3, 0.4) is 0 Å². The van der Waals surface area contributed by atoms with Crippen LogP contribution < -0.4 is 0 Å². The first kappa shape index (κ1) is 13.1. The SMILES string of the molecule is CCOC(=O)c1sc(Br)cc1C1CCOCC1. The molecule has 0 aliphatic carbocycles. The van der Waals surface area contributed by atoms with E-state index < -0.39 is 0 Å². The molecular formula is C12H15BrO3S. The van der Waals surface area contributed by atoms with E-state index in [4.69, 9.17) is 9.47 Å². The Labute approximate surface area is 113 Å². The average Bonchev–Trinajstić information content (AvgIpc) is 2.73. The van der Waals surface area contributed by atoms with Crippen molar-refractivity contribution in [2.24, 2.45) is 0 Å². The molecule has 1 aromatic rings. The molecule has 0 amide bonds. The van der Waals surface area contributed by atoms with Crippen LogP contribution in [0.1, 0.15) is 40.9 Å². The summed E-state index contributed by atoms with van der Waals surface area (Å²) in [6.45, 7) is 3.80. The molecule has 0 saturated carbocycles. The summed E-state index contributed by atoms with van der Waals surface area (Å²) >= 11 is 4.91. The van der Waals surface area contributed by atoms with Gasteiger partial charge in [0.25, 0.3) is 0 Å². The van der Waals surface area contributed by atoms with Gasteiger partial charge in [0.05, 0.1) is 10.4 Å². The summed E-state index contributed by atoms with van der Waals surface area (Å²) < 4.78 is 11.4. The first-order valence-electron chi connectivity index (χ1n) is 5.76. The fourth-order valence-corrected chi connectivity index (χ4v) is 3.64. The van der Waals surface area contributed by atoms with Crippen molar-refractivity contribution in [2.75, 3.05) is 19.8 Å². The highest BCUT2D eigenvalue weighted by molar-refractivity contribution is 9.11. The average molecular weight is 319 g/mol. The zero-order valence-corrected chi connectivity index (χ0v) is 12.1. The Hall–Kier alpha value is -0.390. The third-order valence-corrected chi connectivity index (χ3v) is 4.49. The normalized spacial score (nSPS) is 17.1. The lowest BCUT2D eigenvalue weighted by molar-refractivity contribution is 0.0525. The smallest absolute Gasteiger partial charge is 0.348 e. The van der Waals surface area contributed by atoms with Crippen LogP contribution >= 0.6 is 27.3 Å². The molecule has 2 rings (SSSR count). The second kappa shape index (κ2) is 5.98. The van der Waals surface area contributed by atoms with Crippen LogP contribution in [-0.2, 0) is 9.47 Å². The van der Waals surface area contributed by atoms with Crippen molar-refractivity contribution in [1.82, 2.24) is 0 Å². The van der Waals surface area contributed by atoms with Gasteiger partial charge in [0, 0.05) is 13.2 Å². The number of thiophene rings is 1. The van der Waals surface area contributed by atoms with Crippen LogP contribution in [0.2, 0.25) is 0 Å². The largest absolute Gasteiger partial charge is 0.462 e. The molecule has 5 heteroatoms. The maximum atomic E-state index is 11.9. The van der Waals surface area contributed by atoms with Crippen molar-refractivity contribution >= 4 is 33.2 Å². The molecule has 1 aromatic heterocycles. The molecule has 94 valence electrons. The van der Waals surface area contributed by atoms with Crippen molar-refractivity contribution in [3.63, 3.8) is 0 Å². The third-order valence-electron chi connectivity index (χ3n) is 2.85. The van der Waals surface area contributed by atoms with Gasteiger partial charge in [-0.15, -0.1) is 11.3 Å². The van der Waals surface area contributed by atoms with Crippen LogP contribution in [-0.4, -0.2) is 25.8 Å². The highest BCUT2D eigenvalue weighted by Crippen LogP contribution is 2.37. The number of hydrogen-bond donors (Lipinski definition) is 0. The number of esters is 1. The predicted molar refractivity (Wildman–Crippen MR) is 70.8 cm³/mol. The molecule has 1 saturated heterocycles. The van der Waals surface area contributed by atoms with Crippen LogP contribution in [0.25, 0.3) is 0 Å². The number of carbonyl (C=O) groups excluding carboxylic acids is 1. The van der Waals surface area contributed by atoms with Gasteiger partial charge in [0.1, 0.15) is 4.88 Å². The zero-order chi connectivity index (χ0) is 12.3. The summed E-state index contributed by atoms with van der Waals surface area (Å²) in [4.78, 5) is 12.6. The highest BCUT2D eigenvalue weighted by atomic mass is 79.9. The molecule has 0 spiro atoms. The van der Waals surface area contributed by atoms with E-state index in [1.165, 1.54) is 11.3 Å². The molecule has 3 nitrogen and oxygen atoms in total. The highest BCUT2D eigenvalue weighted by Gasteiger charge is 2.25. The standard InChI is InChI=1S/C12H15BrO3S/c1-2-16-12(14)11-9(7-10(13)17-11)8-3-5-15-6-4-8/h7-8H,2-6H2,1H3. The van der Waals surface area contributed by atoms with Crippen molar-refractivity contribution in [3.8, 4) is 0 Å². The summed E-state index contributed by atoms with van der Waals surface area (Å²) in [6, 6.07) is 2.05. The second-order valence-corrected chi connectivity index (χ2v) is 6.37. The Morgan fingerprint density at radius 3 is 2.94 bits per heavy atom. The molecule has 0 atom stereocenters. The summed E-state index contributed by atoms with van der Waals surface area (Å²) in [6.07, 6.45) is 1.96. The van der Waals surface area contributed by atoms with E-state index in [2.05, 4.69) is 15.9 Å². The van der Waals surface area contributed by atoms with Crippen molar-refractivity contribution < 1.29 is 14.3 Å². The summed E-state index contributed by atoms with van der Waals surface area (Å²) in [5, 5.41) is 0. The van der Waals surface area contributed by atoms with Crippen LogP contribution in [0, 0.1) is 0 Å². The van der Waals surface area contributed by atoms with Crippen molar-refractivity contribution in [2.45, 2.75) is 25.7 Å². The third kappa shape index (κ3) is 3.09. The van der Waals surface area contributed by atoms with Gasteiger partial charge in [0.2, 0.25) is 0 Å². The first-order chi connectivity index (χ1) is 8.22. The maximum absolute atomic E-state index is 11.9. The Bertz CT molecular complexity index is 396.